The van der Waals surface area contributed by atoms with Crippen molar-refractivity contribution < 1.29 is 46.5 Å². The third-order valence-electron chi connectivity index (χ3n) is 12.2. The quantitative estimate of drug-likeness (QED) is 0.210. The minimum atomic E-state index is -4.02. The first-order valence-corrected chi connectivity index (χ1v) is 22.6. The Labute approximate surface area is 356 Å². The summed E-state index contributed by atoms with van der Waals surface area (Å²) in [5.74, 6) is -1.58. The molecule has 7 rings (SSSR count). The molecule has 3 aromatic rings. The minimum Gasteiger partial charge on any atom is -0.496 e. The Hall–Kier alpha value is -5.23. The number of benzene rings is 1. The van der Waals surface area contributed by atoms with E-state index >= 15 is 0 Å². The molecule has 5 atom stereocenters. The Morgan fingerprint density at radius 2 is 1.87 bits per heavy atom. The maximum atomic E-state index is 14.9. The molecule has 0 bridgehead atoms. The molecule has 4 heterocycles. The Bertz CT molecular complexity index is 2310. The standard InChI is InChI=1S/C43H57N7O10S/c1-26(2)59-36-23-35(30-14-15-34(58-6)27(3)37(30)45-36)60-29-22-33-39(52)46-43(41(54)48-61(55,56)42(4)17-18-42)24-28(43)12-10-8-7-9-11-13-32(40(53)50(33)25-29)44-38(51)31-16-19-49(47-31)20-21-57-5/h10,12,14-16,19,23,26,28-29,32-33H,7-9,11,13,17-18,20-22,24-25H2,1-6H3,(H,44,51)(H,46,52)(H,48,54)/t28-,29-,32+,33+,43-/m1/s1. The number of fused-ring (bicyclic) bond motifs is 3. The second-order valence-electron chi connectivity index (χ2n) is 17.1. The molecule has 61 heavy (non-hydrogen) atoms. The number of methoxy groups -OCH3 is 2. The van der Waals surface area contributed by atoms with Gasteiger partial charge in [-0.2, -0.15) is 5.10 Å². The molecule has 1 saturated heterocycles. The van der Waals surface area contributed by atoms with Gasteiger partial charge in [-0.1, -0.05) is 25.0 Å². The first kappa shape index (κ1) is 43.8. The number of ether oxygens (including phenoxy) is 4. The second kappa shape index (κ2) is 17.6. The number of aryl methyl sites for hydroxylation is 1. The highest BCUT2D eigenvalue weighted by molar-refractivity contribution is 7.91. The predicted molar refractivity (Wildman–Crippen MR) is 225 cm³/mol. The number of rotatable bonds is 13. The average molecular weight is 864 g/mol. The van der Waals surface area contributed by atoms with Gasteiger partial charge in [0, 0.05) is 42.7 Å². The first-order chi connectivity index (χ1) is 29.1. The van der Waals surface area contributed by atoms with Crippen LogP contribution in [0.4, 0.5) is 0 Å². The molecule has 1 aromatic carbocycles. The Morgan fingerprint density at radius 3 is 2.59 bits per heavy atom. The number of allylic oxidation sites excluding steroid dienone is 1. The van der Waals surface area contributed by atoms with Gasteiger partial charge in [0.05, 0.1) is 43.2 Å². The van der Waals surface area contributed by atoms with Crippen LogP contribution in [0.15, 0.2) is 42.6 Å². The van der Waals surface area contributed by atoms with Crippen molar-refractivity contribution in [3.05, 3.63) is 53.9 Å². The van der Waals surface area contributed by atoms with E-state index in [0.29, 0.717) is 73.5 Å². The van der Waals surface area contributed by atoms with Crippen molar-refractivity contribution in [3.63, 3.8) is 0 Å². The molecule has 2 saturated carbocycles. The average Bonchev–Trinajstić information content (AvgIpc) is 4.00. The second-order valence-corrected chi connectivity index (χ2v) is 19.3. The lowest BCUT2D eigenvalue weighted by molar-refractivity contribution is -0.141. The molecule has 0 spiro atoms. The smallest absolute Gasteiger partial charge is 0.272 e. The van der Waals surface area contributed by atoms with Gasteiger partial charge in [-0.15, -0.1) is 0 Å². The van der Waals surface area contributed by atoms with E-state index in [9.17, 15) is 27.6 Å². The van der Waals surface area contributed by atoms with Gasteiger partial charge in [-0.05, 0) is 84.4 Å². The van der Waals surface area contributed by atoms with Crippen LogP contribution >= 0.6 is 0 Å². The fourth-order valence-corrected chi connectivity index (χ4v) is 9.44. The maximum absolute atomic E-state index is 14.9. The number of hydrogen-bond acceptors (Lipinski definition) is 12. The SMILES string of the molecule is COCCn1ccc(C(=O)N[C@H]2CCCCCC=C[C@@H]3C[C@@]3(C(=O)NS(=O)(=O)C3(C)CC3)NC(=O)[C@@H]3C[C@@H](Oc4cc(OC(C)C)nc5c(C)c(OC)ccc45)CN3C2=O)n1. The third-order valence-corrected chi connectivity index (χ3v) is 14.3. The van der Waals surface area contributed by atoms with E-state index in [1.165, 1.54) is 4.90 Å². The lowest BCUT2D eigenvalue weighted by atomic mass is 10.0. The van der Waals surface area contributed by atoms with Crippen molar-refractivity contribution in [2.24, 2.45) is 5.92 Å². The van der Waals surface area contributed by atoms with Crippen molar-refractivity contribution in [2.75, 3.05) is 27.4 Å². The van der Waals surface area contributed by atoms with Crippen LogP contribution in [0, 0.1) is 12.8 Å². The van der Waals surface area contributed by atoms with Crippen LogP contribution in [0.3, 0.4) is 0 Å². The summed E-state index contributed by atoms with van der Waals surface area (Å²) in [4.78, 5) is 63.3. The molecule has 3 fully saturated rings. The van der Waals surface area contributed by atoms with Gasteiger partial charge in [0.15, 0.2) is 0 Å². The summed E-state index contributed by atoms with van der Waals surface area (Å²) >= 11 is 0. The van der Waals surface area contributed by atoms with Crippen LogP contribution in [0.1, 0.15) is 94.6 Å². The zero-order chi connectivity index (χ0) is 43.7. The van der Waals surface area contributed by atoms with Gasteiger partial charge in [-0.3, -0.25) is 28.6 Å². The summed E-state index contributed by atoms with van der Waals surface area (Å²) in [5, 5.41) is 10.9. The topological polar surface area (TPSA) is 209 Å². The molecule has 4 amide bonds. The van der Waals surface area contributed by atoms with Gasteiger partial charge < -0.3 is 34.5 Å². The number of pyridine rings is 1. The third kappa shape index (κ3) is 9.34. The number of sulfonamides is 1. The van der Waals surface area contributed by atoms with Gasteiger partial charge >= 0.3 is 0 Å². The first-order valence-electron chi connectivity index (χ1n) is 21.1. The fourth-order valence-electron chi connectivity index (χ4n) is 8.13. The predicted octanol–water partition coefficient (Wildman–Crippen LogP) is 3.72. The van der Waals surface area contributed by atoms with Crippen LogP contribution in [0.5, 0.6) is 17.4 Å². The van der Waals surface area contributed by atoms with Crippen LogP contribution in [0.25, 0.3) is 10.9 Å². The molecule has 2 aromatic heterocycles. The largest absolute Gasteiger partial charge is 0.496 e. The van der Waals surface area contributed by atoms with E-state index < -0.39 is 68.0 Å². The van der Waals surface area contributed by atoms with Crippen molar-refractivity contribution >= 4 is 44.6 Å². The van der Waals surface area contributed by atoms with Crippen LogP contribution < -0.4 is 29.6 Å². The molecular formula is C43H57N7O10S. The summed E-state index contributed by atoms with van der Waals surface area (Å²) in [5.41, 5.74) is -0.0577. The summed E-state index contributed by atoms with van der Waals surface area (Å²) in [6, 6.07) is 4.72. The van der Waals surface area contributed by atoms with E-state index in [4.69, 9.17) is 23.9 Å². The van der Waals surface area contributed by atoms with Crippen molar-refractivity contribution in [1.82, 2.24) is 35.0 Å². The fraction of sp³-hybridized carbons (Fsp3) is 0.581. The molecule has 2 aliphatic carbocycles. The molecule has 3 N–H and O–H groups in total. The zero-order valence-electron chi connectivity index (χ0n) is 35.7. The minimum absolute atomic E-state index is 0.0239. The van der Waals surface area contributed by atoms with Gasteiger partial charge in [0.2, 0.25) is 27.7 Å². The number of aromatic nitrogens is 3. The highest BCUT2D eigenvalue weighted by atomic mass is 32.2. The molecule has 18 heteroatoms. The monoisotopic (exact) mass is 863 g/mol. The van der Waals surface area contributed by atoms with Gasteiger partial charge in [0.1, 0.15) is 40.9 Å². The van der Waals surface area contributed by atoms with Crippen LogP contribution in [-0.2, 0) is 35.7 Å². The number of carbonyl (C=O) groups excluding carboxylic acids is 4. The van der Waals surface area contributed by atoms with E-state index in [0.717, 1.165) is 18.4 Å². The van der Waals surface area contributed by atoms with E-state index in [-0.39, 0.29) is 31.2 Å². The Kier molecular flexibility index (Phi) is 12.7. The summed E-state index contributed by atoms with van der Waals surface area (Å²) in [6.45, 7) is 8.03. The number of nitrogens with one attached hydrogen (secondary N) is 3. The van der Waals surface area contributed by atoms with E-state index in [2.05, 4.69) is 20.5 Å². The highest BCUT2D eigenvalue weighted by Crippen LogP contribution is 2.47. The highest BCUT2D eigenvalue weighted by Gasteiger charge is 2.63. The number of nitrogens with zero attached hydrogens (tertiary/aromatic N) is 4. The summed E-state index contributed by atoms with van der Waals surface area (Å²) in [6.07, 6.45) is 8.71. The molecule has 0 unspecified atom stereocenters. The number of carbonyl (C=O) groups is 4. The van der Waals surface area contributed by atoms with Crippen molar-refractivity contribution in [3.8, 4) is 17.4 Å². The molecular weight excluding hydrogens is 807 g/mol. The van der Waals surface area contributed by atoms with Gasteiger partial charge in [-0.25, -0.2) is 13.4 Å². The zero-order valence-corrected chi connectivity index (χ0v) is 36.5. The Balaban J connectivity index is 1.22. The lowest BCUT2D eigenvalue weighted by Gasteiger charge is -2.30. The summed E-state index contributed by atoms with van der Waals surface area (Å²) < 4.78 is 52.8. The van der Waals surface area contributed by atoms with Crippen LogP contribution in [-0.4, -0.2) is 114 Å². The number of amides is 4. The molecule has 4 aliphatic rings. The molecule has 17 nitrogen and oxygen atoms in total. The molecule has 2 aliphatic heterocycles. The molecule has 0 radical (unpaired) electrons. The number of hydrogen-bond donors (Lipinski definition) is 3. The molecule has 330 valence electrons. The van der Waals surface area contributed by atoms with Crippen molar-refractivity contribution in [1.29, 1.82) is 0 Å². The van der Waals surface area contributed by atoms with E-state index in [1.807, 2.05) is 45.1 Å². The maximum Gasteiger partial charge on any atom is 0.272 e. The Morgan fingerprint density at radius 1 is 1.08 bits per heavy atom. The normalized spacial score (nSPS) is 25.1. The van der Waals surface area contributed by atoms with Gasteiger partial charge in [0.25, 0.3) is 11.8 Å². The van der Waals surface area contributed by atoms with Crippen LogP contribution in [0.2, 0.25) is 0 Å². The van der Waals surface area contributed by atoms with E-state index in [1.54, 1.807) is 44.2 Å². The van der Waals surface area contributed by atoms with Crippen molar-refractivity contribution in [2.45, 2.75) is 127 Å². The lowest BCUT2D eigenvalue weighted by Crippen LogP contribution is -2.58. The summed E-state index contributed by atoms with van der Waals surface area (Å²) in [7, 11) is -0.869.